The summed E-state index contributed by atoms with van der Waals surface area (Å²) < 4.78 is 80.0. The third-order valence-electron chi connectivity index (χ3n) is 9.13. The number of carbonyl (C=O) groups excluding carboxylic acids is 1. The lowest BCUT2D eigenvalue weighted by atomic mass is 9.85. The Bertz CT molecular complexity index is 1420. The average molecular weight is 610 g/mol. The Labute approximate surface area is 244 Å². The maximum absolute atomic E-state index is 14.4. The first kappa shape index (κ1) is 29.6. The molecule has 0 radical (unpaired) electrons. The fraction of sp³-hybridized carbons (Fsp3) is 0.533. The normalized spacial score (nSPS) is 26.6. The fourth-order valence-corrected chi connectivity index (χ4v) is 6.73. The molecule has 2 aromatic rings. The Balaban J connectivity index is 1.11. The summed E-state index contributed by atoms with van der Waals surface area (Å²) in [6.07, 6.45) is -2.01. The number of carboxylic acids is 1. The topological polar surface area (TPSA) is 82.6 Å². The summed E-state index contributed by atoms with van der Waals surface area (Å²) in [6.45, 7) is 3.74. The van der Waals surface area contributed by atoms with Crippen LogP contribution in [0, 0.1) is 17.6 Å². The zero-order valence-corrected chi connectivity index (χ0v) is 23.5. The van der Waals surface area contributed by atoms with Crippen LogP contribution in [-0.4, -0.2) is 77.4 Å². The molecule has 1 saturated carbocycles. The molecule has 1 amide bonds. The molecular weight excluding hydrogens is 577 g/mol. The van der Waals surface area contributed by atoms with Gasteiger partial charge in [0.2, 0.25) is 0 Å². The van der Waals surface area contributed by atoms with Gasteiger partial charge in [0.25, 0.3) is 5.91 Å². The van der Waals surface area contributed by atoms with Gasteiger partial charge in [-0.25, -0.2) is 13.6 Å². The van der Waals surface area contributed by atoms with Gasteiger partial charge in [-0.2, -0.15) is 13.2 Å². The maximum Gasteiger partial charge on any atom is 0.416 e. The molecule has 3 atom stereocenters. The Morgan fingerprint density at radius 3 is 2.44 bits per heavy atom. The van der Waals surface area contributed by atoms with Gasteiger partial charge < -0.3 is 24.4 Å². The van der Waals surface area contributed by atoms with Gasteiger partial charge in [0, 0.05) is 43.0 Å². The molecule has 0 bridgehead atoms. The first-order valence-electron chi connectivity index (χ1n) is 14.4. The summed E-state index contributed by atoms with van der Waals surface area (Å²) in [4.78, 5) is 30.9. The van der Waals surface area contributed by atoms with Crippen LogP contribution in [0.4, 0.5) is 27.6 Å². The number of piperazine rings is 1. The molecule has 3 heterocycles. The van der Waals surface area contributed by atoms with Crippen molar-refractivity contribution in [3.05, 3.63) is 58.7 Å². The molecule has 1 N–H and O–H groups in total. The molecule has 3 fully saturated rings. The van der Waals surface area contributed by atoms with Crippen molar-refractivity contribution >= 4 is 17.6 Å². The summed E-state index contributed by atoms with van der Waals surface area (Å²) in [6, 6.07) is 5.37. The number of alkyl halides is 3. The number of hydrogen-bond donors (Lipinski definition) is 1. The quantitative estimate of drug-likeness (QED) is 0.483. The van der Waals surface area contributed by atoms with Crippen LogP contribution in [-0.2, 0) is 22.3 Å². The molecule has 2 aromatic carbocycles. The van der Waals surface area contributed by atoms with Crippen molar-refractivity contribution in [2.45, 2.75) is 63.0 Å². The number of nitrogens with zero attached hydrogens (tertiary/aromatic N) is 3. The van der Waals surface area contributed by atoms with Gasteiger partial charge in [0.1, 0.15) is 11.4 Å². The number of fused-ring (bicyclic) bond motifs is 1. The second-order valence-corrected chi connectivity index (χ2v) is 11.9. The minimum absolute atomic E-state index is 0.00160. The Morgan fingerprint density at radius 1 is 1.05 bits per heavy atom. The number of hydrogen-bond acceptors (Lipinski definition) is 6. The summed E-state index contributed by atoms with van der Waals surface area (Å²) in [5, 5.41) is 9.30. The third-order valence-corrected chi connectivity index (χ3v) is 9.13. The molecule has 0 spiro atoms. The van der Waals surface area contributed by atoms with E-state index in [1.165, 1.54) is 17.0 Å². The molecule has 43 heavy (non-hydrogen) atoms. The number of carboxylic acid groups (broad SMARTS) is 1. The highest BCUT2D eigenvalue weighted by Gasteiger charge is 2.56. The molecule has 6 rings (SSSR count). The first-order valence-corrected chi connectivity index (χ1v) is 14.4. The second-order valence-electron chi connectivity index (χ2n) is 11.9. The molecule has 1 aliphatic carbocycles. The summed E-state index contributed by atoms with van der Waals surface area (Å²) in [7, 11) is 0. The largest absolute Gasteiger partial charge is 0.478 e. The van der Waals surface area contributed by atoms with Crippen LogP contribution in [0.3, 0.4) is 0 Å². The monoisotopic (exact) mass is 609 g/mol. The van der Waals surface area contributed by atoms with E-state index in [9.17, 15) is 36.6 Å². The van der Waals surface area contributed by atoms with E-state index in [-0.39, 0.29) is 54.1 Å². The van der Waals surface area contributed by atoms with E-state index in [4.69, 9.17) is 9.47 Å². The molecule has 232 valence electrons. The van der Waals surface area contributed by atoms with Gasteiger partial charge in [0.15, 0.2) is 18.3 Å². The second kappa shape index (κ2) is 10.9. The first-order chi connectivity index (χ1) is 20.4. The number of rotatable bonds is 5. The van der Waals surface area contributed by atoms with Gasteiger partial charge >= 0.3 is 12.1 Å². The van der Waals surface area contributed by atoms with E-state index in [0.717, 1.165) is 18.9 Å². The number of carbonyl (C=O) groups is 2. The number of amides is 1. The molecule has 0 unspecified atom stereocenters. The smallest absolute Gasteiger partial charge is 0.416 e. The predicted molar refractivity (Wildman–Crippen MR) is 144 cm³/mol. The fourth-order valence-electron chi connectivity index (χ4n) is 6.73. The molecular formula is C30H32F5N3O5. The van der Waals surface area contributed by atoms with Crippen LogP contribution in [0.1, 0.15) is 54.1 Å². The number of aromatic carboxylic acids is 1. The van der Waals surface area contributed by atoms with Crippen molar-refractivity contribution in [2.75, 3.05) is 37.9 Å². The van der Waals surface area contributed by atoms with Crippen molar-refractivity contribution in [1.29, 1.82) is 0 Å². The summed E-state index contributed by atoms with van der Waals surface area (Å²) >= 11 is 0. The lowest BCUT2D eigenvalue weighted by Gasteiger charge is -2.48. The van der Waals surface area contributed by atoms with E-state index in [1.807, 2.05) is 11.8 Å². The van der Waals surface area contributed by atoms with Crippen LogP contribution in [0.25, 0.3) is 0 Å². The molecule has 3 aliphatic heterocycles. The minimum Gasteiger partial charge on any atom is -0.478 e. The van der Waals surface area contributed by atoms with E-state index in [0.29, 0.717) is 50.8 Å². The van der Waals surface area contributed by atoms with Gasteiger partial charge in [0.05, 0.1) is 24.3 Å². The van der Waals surface area contributed by atoms with Crippen molar-refractivity contribution < 1.29 is 46.1 Å². The highest BCUT2D eigenvalue weighted by atomic mass is 19.4. The highest BCUT2D eigenvalue weighted by Crippen LogP contribution is 2.49. The van der Waals surface area contributed by atoms with Crippen molar-refractivity contribution in [1.82, 2.24) is 9.80 Å². The maximum atomic E-state index is 14.4. The van der Waals surface area contributed by atoms with Crippen LogP contribution >= 0.6 is 0 Å². The average Bonchev–Trinajstić information content (AvgIpc) is 3.82. The minimum atomic E-state index is -4.73. The van der Waals surface area contributed by atoms with E-state index in [2.05, 4.69) is 4.90 Å². The molecule has 4 aliphatic rings. The summed E-state index contributed by atoms with van der Waals surface area (Å²) in [5.74, 6) is -3.83. The zero-order valence-electron chi connectivity index (χ0n) is 23.5. The van der Waals surface area contributed by atoms with E-state index in [1.54, 1.807) is 6.07 Å². The predicted octanol–water partition coefficient (Wildman–Crippen LogP) is 4.90. The molecule has 2 saturated heterocycles. The van der Waals surface area contributed by atoms with Crippen molar-refractivity contribution in [3.8, 4) is 5.75 Å². The third kappa shape index (κ3) is 5.52. The summed E-state index contributed by atoms with van der Waals surface area (Å²) in [5.41, 5.74) is -2.01. The van der Waals surface area contributed by atoms with Gasteiger partial charge in [-0.05, 0) is 68.9 Å². The van der Waals surface area contributed by atoms with Crippen LogP contribution < -0.4 is 9.64 Å². The van der Waals surface area contributed by atoms with Gasteiger partial charge in [-0.1, -0.05) is 0 Å². The number of anilines is 1. The zero-order chi connectivity index (χ0) is 30.7. The van der Waals surface area contributed by atoms with Crippen LogP contribution in [0.5, 0.6) is 5.75 Å². The standard InChI is InChI=1S/C30H32F5N3O5/c1-17-13-36(8-9-38(17)21-4-5-24(31)23(12-21)27(39)40)22-6-7-29(43-15-22,19-2-3-19)28(41)37-14-18-10-20(30(33,34)35)11-25(32)26(18)42-16-37/h4-5,10-12,17,19,22H,2-3,6-9,13-16H2,1H3,(H,39,40)/t17-,22+,29-/m0/s1. The Morgan fingerprint density at radius 2 is 1.81 bits per heavy atom. The molecule has 0 aromatic heterocycles. The van der Waals surface area contributed by atoms with Gasteiger partial charge in [-0.3, -0.25) is 9.69 Å². The number of ether oxygens (including phenoxy) is 2. The van der Waals surface area contributed by atoms with Crippen LogP contribution in [0.15, 0.2) is 30.3 Å². The van der Waals surface area contributed by atoms with Crippen LogP contribution in [0.2, 0.25) is 0 Å². The molecule has 13 heteroatoms. The Hall–Kier alpha value is -3.45. The number of benzene rings is 2. The SMILES string of the molecule is C[C@H]1CN([C@@H]2CC[C@@](C(=O)N3COc4c(F)cc(C(F)(F)F)cc4C3)(C3CC3)OC2)CCN1c1ccc(F)c(C(=O)O)c1. The molecule has 8 nitrogen and oxygen atoms in total. The van der Waals surface area contributed by atoms with E-state index < -0.39 is 34.9 Å². The Kier molecular flexibility index (Phi) is 7.52. The van der Waals surface area contributed by atoms with Crippen molar-refractivity contribution in [3.63, 3.8) is 0 Å². The lowest BCUT2D eigenvalue weighted by Crippen LogP contribution is -2.61. The van der Waals surface area contributed by atoms with Gasteiger partial charge in [-0.15, -0.1) is 0 Å². The van der Waals surface area contributed by atoms with Crippen molar-refractivity contribution in [2.24, 2.45) is 5.92 Å². The van der Waals surface area contributed by atoms with E-state index >= 15 is 0 Å². The highest BCUT2D eigenvalue weighted by molar-refractivity contribution is 5.89. The lowest BCUT2D eigenvalue weighted by molar-refractivity contribution is -0.180. The number of halogens is 5.